The molecule has 2 nitrogen and oxygen atoms in total. The zero-order valence-electron chi connectivity index (χ0n) is 14.6. The summed E-state index contributed by atoms with van der Waals surface area (Å²) >= 11 is 0. The zero-order chi connectivity index (χ0) is 15.5. The van der Waals surface area contributed by atoms with Gasteiger partial charge in [0.15, 0.2) is 0 Å². The highest BCUT2D eigenvalue weighted by Gasteiger charge is 2.11. The van der Waals surface area contributed by atoms with Gasteiger partial charge in [0.25, 0.3) is 0 Å². The second-order valence-electron chi connectivity index (χ2n) is 6.15. The number of allylic oxidation sites excluding steroid dienone is 2. The third-order valence-electron chi connectivity index (χ3n) is 4.09. The van der Waals surface area contributed by atoms with Gasteiger partial charge < -0.3 is 0 Å². The summed E-state index contributed by atoms with van der Waals surface area (Å²) in [6.45, 7) is 9.81. The summed E-state index contributed by atoms with van der Waals surface area (Å²) in [5.74, 6) is 0.763. The minimum atomic E-state index is 0.763. The van der Waals surface area contributed by atoms with Crippen molar-refractivity contribution < 1.29 is 0 Å². The van der Waals surface area contributed by atoms with E-state index in [-0.39, 0.29) is 0 Å². The van der Waals surface area contributed by atoms with E-state index in [1.54, 1.807) is 0 Å². The van der Waals surface area contributed by atoms with Gasteiger partial charge in [0.2, 0.25) is 0 Å². The Morgan fingerprint density at radius 3 is 2.62 bits per heavy atom. The number of hydrogen-bond acceptors (Lipinski definition) is 1. The largest absolute Gasteiger partial charge is 0.270 e. The summed E-state index contributed by atoms with van der Waals surface area (Å²) in [5, 5.41) is 4.57. The smallest absolute Gasteiger partial charge is 0.0596 e. The van der Waals surface area contributed by atoms with Crippen LogP contribution in [-0.2, 0) is 13.0 Å². The molecule has 0 saturated carbocycles. The van der Waals surface area contributed by atoms with E-state index < -0.39 is 0 Å². The Balaban J connectivity index is 2.48. The Hall–Kier alpha value is -1.05. The third kappa shape index (κ3) is 6.97. The summed E-state index contributed by atoms with van der Waals surface area (Å²) in [7, 11) is 0. The number of nitrogens with zero attached hydrogens (tertiary/aromatic N) is 2. The highest BCUT2D eigenvalue weighted by molar-refractivity contribution is 5.10. The maximum atomic E-state index is 4.57. The number of rotatable bonds is 11. The van der Waals surface area contributed by atoms with Crippen molar-refractivity contribution in [3.8, 4) is 0 Å². The van der Waals surface area contributed by atoms with E-state index in [4.69, 9.17) is 0 Å². The van der Waals surface area contributed by atoms with Crippen LogP contribution in [0, 0.1) is 12.8 Å². The fraction of sp³-hybridized carbons (Fsp3) is 0.737. The van der Waals surface area contributed by atoms with E-state index >= 15 is 0 Å². The van der Waals surface area contributed by atoms with Crippen LogP contribution in [0.3, 0.4) is 0 Å². The van der Waals surface area contributed by atoms with Crippen LogP contribution >= 0.6 is 0 Å². The molecule has 0 aliphatic carbocycles. The average molecular weight is 290 g/mol. The van der Waals surface area contributed by atoms with Crippen molar-refractivity contribution in [3.05, 3.63) is 29.6 Å². The molecule has 0 radical (unpaired) electrons. The molecule has 0 amide bonds. The van der Waals surface area contributed by atoms with E-state index in [0.29, 0.717) is 0 Å². The standard InChI is InChI=1S/C19H34N2/c1-5-8-9-10-11-12-14-18(13-6-2)16-19-15-17(4)20-21(19)7-3/h11-12,15,18H,5-10,13-14,16H2,1-4H3/b12-11-. The van der Waals surface area contributed by atoms with Gasteiger partial charge in [-0.25, -0.2) is 0 Å². The minimum absolute atomic E-state index is 0.763. The van der Waals surface area contributed by atoms with Crippen molar-refractivity contribution >= 4 is 0 Å². The Bertz CT molecular complexity index is 404. The molecule has 1 rings (SSSR count). The predicted molar refractivity (Wildman–Crippen MR) is 92.6 cm³/mol. The molecule has 21 heavy (non-hydrogen) atoms. The van der Waals surface area contributed by atoms with E-state index in [1.807, 2.05) is 0 Å². The molecule has 2 heteroatoms. The lowest BCUT2D eigenvalue weighted by molar-refractivity contribution is 0.459. The van der Waals surface area contributed by atoms with Gasteiger partial charge in [-0.3, -0.25) is 4.68 Å². The van der Waals surface area contributed by atoms with Gasteiger partial charge in [0.1, 0.15) is 0 Å². The fourth-order valence-corrected chi connectivity index (χ4v) is 2.96. The second-order valence-corrected chi connectivity index (χ2v) is 6.15. The van der Waals surface area contributed by atoms with Crippen LogP contribution in [0.5, 0.6) is 0 Å². The van der Waals surface area contributed by atoms with Crippen molar-refractivity contribution in [3.63, 3.8) is 0 Å². The molecule has 0 aliphatic rings. The molecule has 0 spiro atoms. The first-order valence-corrected chi connectivity index (χ1v) is 8.89. The van der Waals surface area contributed by atoms with Crippen LogP contribution in [0.15, 0.2) is 18.2 Å². The molecule has 0 N–H and O–H groups in total. The van der Waals surface area contributed by atoms with Gasteiger partial charge in [-0.2, -0.15) is 5.10 Å². The molecular weight excluding hydrogens is 256 g/mol. The van der Waals surface area contributed by atoms with Crippen molar-refractivity contribution in [2.24, 2.45) is 5.92 Å². The lowest BCUT2D eigenvalue weighted by Crippen LogP contribution is -2.09. The van der Waals surface area contributed by atoms with Crippen LogP contribution in [-0.4, -0.2) is 9.78 Å². The van der Waals surface area contributed by atoms with E-state index in [1.165, 1.54) is 57.1 Å². The zero-order valence-corrected chi connectivity index (χ0v) is 14.6. The maximum absolute atomic E-state index is 4.57. The molecule has 0 fully saturated rings. The first-order chi connectivity index (χ1) is 10.2. The Kier molecular flexibility index (Phi) is 9.12. The maximum Gasteiger partial charge on any atom is 0.0596 e. The molecule has 0 aromatic carbocycles. The van der Waals surface area contributed by atoms with E-state index in [0.717, 1.165) is 18.2 Å². The molecular formula is C19H34N2. The van der Waals surface area contributed by atoms with Crippen LogP contribution in [0.25, 0.3) is 0 Å². The lowest BCUT2D eigenvalue weighted by Gasteiger charge is -2.14. The molecule has 120 valence electrons. The summed E-state index contributed by atoms with van der Waals surface area (Å²) in [5.41, 5.74) is 2.56. The molecule has 1 atom stereocenters. The minimum Gasteiger partial charge on any atom is -0.270 e. The van der Waals surface area contributed by atoms with Gasteiger partial charge in [-0.1, -0.05) is 51.7 Å². The molecule has 0 bridgehead atoms. The van der Waals surface area contributed by atoms with E-state index in [9.17, 15) is 0 Å². The highest BCUT2D eigenvalue weighted by Crippen LogP contribution is 2.19. The topological polar surface area (TPSA) is 17.8 Å². The average Bonchev–Trinajstić information content (AvgIpc) is 2.82. The van der Waals surface area contributed by atoms with Crippen LogP contribution in [0.1, 0.15) is 77.1 Å². The summed E-state index contributed by atoms with van der Waals surface area (Å²) in [4.78, 5) is 0. The van der Waals surface area contributed by atoms with Gasteiger partial charge in [-0.15, -0.1) is 0 Å². The van der Waals surface area contributed by atoms with Crippen molar-refractivity contribution in [1.82, 2.24) is 9.78 Å². The molecule has 1 unspecified atom stereocenters. The van der Waals surface area contributed by atoms with Crippen molar-refractivity contribution in [2.45, 2.75) is 85.6 Å². The summed E-state index contributed by atoms with van der Waals surface area (Å²) < 4.78 is 2.17. The number of hydrogen-bond donors (Lipinski definition) is 0. The van der Waals surface area contributed by atoms with E-state index in [2.05, 4.69) is 55.7 Å². The van der Waals surface area contributed by atoms with Crippen LogP contribution in [0.2, 0.25) is 0 Å². The second kappa shape index (κ2) is 10.6. The van der Waals surface area contributed by atoms with Crippen molar-refractivity contribution in [2.75, 3.05) is 0 Å². The Labute approximate surface area is 131 Å². The van der Waals surface area contributed by atoms with Gasteiger partial charge >= 0.3 is 0 Å². The van der Waals surface area contributed by atoms with Gasteiger partial charge in [0.05, 0.1) is 5.69 Å². The molecule has 0 aliphatic heterocycles. The van der Waals surface area contributed by atoms with Crippen molar-refractivity contribution in [1.29, 1.82) is 0 Å². The number of unbranched alkanes of at least 4 members (excludes halogenated alkanes) is 3. The molecule has 1 aromatic heterocycles. The predicted octanol–water partition coefficient (Wildman–Crippen LogP) is 5.70. The Morgan fingerprint density at radius 1 is 1.14 bits per heavy atom. The quantitative estimate of drug-likeness (QED) is 0.378. The lowest BCUT2D eigenvalue weighted by atomic mass is 9.94. The van der Waals surface area contributed by atoms with Gasteiger partial charge in [0, 0.05) is 12.2 Å². The van der Waals surface area contributed by atoms with Gasteiger partial charge in [-0.05, 0) is 51.5 Å². The fourth-order valence-electron chi connectivity index (χ4n) is 2.96. The normalized spacial score (nSPS) is 13.1. The first-order valence-electron chi connectivity index (χ1n) is 8.89. The van der Waals surface area contributed by atoms with Crippen LogP contribution in [0.4, 0.5) is 0 Å². The summed E-state index contributed by atoms with van der Waals surface area (Å²) in [6, 6.07) is 2.26. The monoisotopic (exact) mass is 290 g/mol. The third-order valence-corrected chi connectivity index (χ3v) is 4.09. The first kappa shape index (κ1) is 18.0. The SMILES string of the molecule is CCCCC/C=C\CC(CCC)Cc1cc(C)nn1CC. The summed E-state index contributed by atoms with van der Waals surface area (Å²) in [6.07, 6.45) is 15.0. The number of aryl methyl sites for hydroxylation is 2. The van der Waals surface area contributed by atoms with Crippen LogP contribution < -0.4 is 0 Å². The molecule has 1 aromatic rings. The molecule has 1 heterocycles. The Morgan fingerprint density at radius 2 is 1.95 bits per heavy atom. The molecule has 0 saturated heterocycles. The highest BCUT2D eigenvalue weighted by atomic mass is 15.3. The number of aromatic nitrogens is 2.